The lowest BCUT2D eigenvalue weighted by molar-refractivity contribution is -0.124. The van der Waals surface area contributed by atoms with Crippen LogP contribution in [-0.2, 0) is 17.6 Å². The Morgan fingerprint density at radius 2 is 2.04 bits per heavy atom. The molecule has 2 aromatic rings. The number of rotatable bonds is 4. The molecule has 0 bridgehead atoms. The van der Waals surface area contributed by atoms with Gasteiger partial charge < -0.3 is 14.8 Å². The van der Waals surface area contributed by atoms with Crippen molar-refractivity contribution < 1.29 is 14.3 Å². The highest BCUT2D eigenvalue weighted by Gasteiger charge is 2.34. The summed E-state index contributed by atoms with van der Waals surface area (Å²) in [6.07, 6.45) is 5.29. The van der Waals surface area contributed by atoms with Crippen LogP contribution < -0.4 is 14.8 Å². The van der Waals surface area contributed by atoms with Gasteiger partial charge in [0.15, 0.2) is 6.61 Å². The van der Waals surface area contributed by atoms with Gasteiger partial charge in [-0.05, 0) is 75.3 Å². The third kappa shape index (κ3) is 4.01. The summed E-state index contributed by atoms with van der Waals surface area (Å²) in [4.78, 5) is 12.7. The Morgan fingerprint density at radius 1 is 1.21 bits per heavy atom. The number of hydrogen-bond donors (Lipinski definition) is 1. The van der Waals surface area contributed by atoms with Crippen LogP contribution in [0.15, 0.2) is 36.4 Å². The van der Waals surface area contributed by atoms with E-state index in [4.69, 9.17) is 9.47 Å². The van der Waals surface area contributed by atoms with Gasteiger partial charge in [-0.3, -0.25) is 4.79 Å². The second kappa shape index (κ2) is 7.50. The molecule has 1 amide bonds. The van der Waals surface area contributed by atoms with Crippen LogP contribution in [-0.4, -0.2) is 18.1 Å². The Balaban J connectivity index is 1.45. The minimum Gasteiger partial charge on any atom is -0.487 e. The van der Waals surface area contributed by atoms with Gasteiger partial charge in [0, 0.05) is 12.0 Å². The lowest BCUT2D eigenvalue weighted by Crippen LogP contribution is -2.42. The monoisotopic (exact) mass is 379 g/mol. The van der Waals surface area contributed by atoms with Gasteiger partial charge in [-0.1, -0.05) is 24.3 Å². The molecule has 4 nitrogen and oxygen atoms in total. The quantitative estimate of drug-likeness (QED) is 0.840. The lowest BCUT2D eigenvalue weighted by atomic mass is 9.89. The molecule has 0 saturated carbocycles. The summed E-state index contributed by atoms with van der Waals surface area (Å²) in [6.45, 7) is 6.21. The van der Waals surface area contributed by atoms with Crippen LogP contribution in [0, 0.1) is 6.92 Å². The molecule has 148 valence electrons. The summed E-state index contributed by atoms with van der Waals surface area (Å²) < 4.78 is 12.0. The molecule has 4 heteroatoms. The molecule has 28 heavy (non-hydrogen) atoms. The molecule has 1 heterocycles. The van der Waals surface area contributed by atoms with E-state index < -0.39 is 0 Å². The van der Waals surface area contributed by atoms with E-state index >= 15 is 0 Å². The van der Waals surface area contributed by atoms with E-state index in [0.717, 1.165) is 41.9 Å². The van der Waals surface area contributed by atoms with Gasteiger partial charge in [-0.15, -0.1) is 0 Å². The largest absolute Gasteiger partial charge is 0.487 e. The number of amides is 1. The second-order valence-electron chi connectivity index (χ2n) is 8.62. The zero-order valence-corrected chi connectivity index (χ0v) is 17.0. The number of ether oxygens (including phenoxy) is 2. The fraction of sp³-hybridized carbons (Fsp3) is 0.458. The maximum absolute atomic E-state index is 12.7. The van der Waals surface area contributed by atoms with Crippen LogP contribution in [0.25, 0.3) is 0 Å². The molecule has 0 saturated heterocycles. The maximum atomic E-state index is 12.7. The lowest BCUT2D eigenvalue weighted by Gasteiger charge is -2.38. The van der Waals surface area contributed by atoms with Gasteiger partial charge in [-0.25, -0.2) is 0 Å². The number of nitrogens with one attached hydrogen (secondary N) is 1. The molecule has 2 aromatic carbocycles. The molecule has 0 aromatic heterocycles. The Bertz CT molecular complexity index is 887. The van der Waals surface area contributed by atoms with Crippen LogP contribution in [0.4, 0.5) is 0 Å². The van der Waals surface area contributed by atoms with Gasteiger partial charge in [-0.2, -0.15) is 0 Å². The number of fused-ring (bicyclic) bond motifs is 2. The molecule has 0 fully saturated rings. The smallest absolute Gasteiger partial charge is 0.258 e. The molecular formula is C24H29NO3. The van der Waals surface area contributed by atoms with Crippen molar-refractivity contribution in [3.05, 3.63) is 58.7 Å². The Kier molecular flexibility index (Phi) is 5.05. The normalized spacial score (nSPS) is 19.8. The first kappa shape index (κ1) is 18.9. The molecule has 0 radical (unpaired) electrons. The standard InChI is InChI=1S/C24H29NO3/c1-16-11-12-19-20(14-24(2,3)28-22(19)13-16)25-23(26)15-27-21-10-6-8-17-7-4-5-9-18(17)21/h6,8,10-13,20H,4-5,7,9,14-15H2,1-3H3,(H,25,26)/t20-/m0/s1. The number of benzene rings is 2. The van der Waals surface area contributed by atoms with E-state index in [9.17, 15) is 4.79 Å². The third-order valence-corrected chi connectivity index (χ3v) is 5.67. The fourth-order valence-corrected chi connectivity index (χ4v) is 4.35. The summed E-state index contributed by atoms with van der Waals surface area (Å²) in [6, 6.07) is 12.3. The zero-order valence-electron chi connectivity index (χ0n) is 17.0. The van der Waals surface area contributed by atoms with Gasteiger partial charge in [0.1, 0.15) is 17.1 Å². The first-order chi connectivity index (χ1) is 13.4. The molecule has 1 N–H and O–H groups in total. The third-order valence-electron chi connectivity index (χ3n) is 5.67. The predicted molar refractivity (Wildman–Crippen MR) is 110 cm³/mol. The first-order valence-electron chi connectivity index (χ1n) is 10.2. The molecule has 1 aliphatic carbocycles. The van der Waals surface area contributed by atoms with Crippen molar-refractivity contribution in [1.29, 1.82) is 0 Å². The van der Waals surface area contributed by atoms with Crippen molar-refractivity contribution in [2.24, 2.45) is 0 Å². The summed E-state index contributed by atoms with van der Waals surface area (Å²) in [5, 5.41) is 3.16. The number of carbonyl (C=O) groups is 1. The predicted octanol–water partition coefficient (Wildman–Crippen LogP) is 4.67. The van der Waals surface area contributed by atoms with Gasteiger partial charge in [0.2, 0.25) is 0 Å². The van der Waals surface area contributed by atoms with Crippen molar-refractivity contribution >= 4 is 5.91 Å². The van der Waals surface area contributed by atoms with Crippen LogP contribution in [0.1, 0.15) is 61.4 Å². The summed E-state index contributed by atoms with van der Waals surface area (Å²) >= 11 is 0. The zero-order chi connectivity index (χ0) is 19.7. The molecule has 1 aliphatic heterocycles. The summed E-state index contributed by atoms with van der Waals surface area (Å²) in [5.41, 5.74) is 4.50. The number of carbonyl (C=O) groups excluding carboxylic acids is 1. The average molecular weight is 380 g/mol. The molecular weight excluding hydrogens is 350 g/mol. The highest BCUT2D eigenvalue weighted by atomic mass is 16.5. The topological polar surface area (TPSA) is 47.6 Å². The van der Waals surface area contributed by atoms with Gasteiger partial charge >= 0.3 is 0 Å². The van der Waals surface area contributed by atoms with E-state index in [1.165, 1.54) is 24.0 Å². The number of aryl methyl sites for hydroxylation is 2. The minimum atomic E-state index is -0.321. The van der Waals surface area contributed by atoms with E-state index in [1.54, 1.807) is 0 Å². The van der Waals surface area contributed by atoms with E-state index in [1.807, 2.05) is 25.1 Å². The minimum absolute atomic E-state index is 0.0371. The maximum Gasteiger partial charge on any atom is 0.258 e. The van der Waals surface area contributed by atoms with Crippen LogP contribution in [0.3, 0.4) is 0 Å². The van der Waals surface area contributed by atoms with E-state index in [0.29, 0.717) is 0 Å². The van der Waals surface area contributed by atoms with Crippen LogP contribution >= 0.6 is 0 Å². The van der Waals surface area contributed by atoms with Crippen molar-refractivity contribution in [2.45, 2.75) is 64.5 Å². The molecule has 0 spiro atoms. The van der Waals surface area contributed by atoms with Gasteiger partial charge in [0.05, 0.1) is 6.04 Å². The molecule has 4 rings (SSSR count). The van der Waals surface area contributed by atoms with E-state index in [-0.39, 0.29) is 24.2 Å². The Hall–Kier alpha value is -2.49. The van der Waals surface area contributed by atoms with E-state index in [2.05, 4.69) is 37.4 Å². The van der Waals surface area contributed by atoms with Gasteiger partial charge in [0.25, 0.3) is 5.91 Å². The first-order valence-corrected chi connectivity index (χ1v) is 10.2. The molecule has 2 aliphatic rings. The second-order valence-corrected chi connectivity index (χ2v) is 8.62. The van der Waals surface area contributed by atoms with Crippen LogP contribution in [0.2, 0.25) is 0 Å². The number of hydrogen-bond acceptors (Lipinski definition) is 3. The Morgan fingerprint density at radius 3 is 2.89 bits per heavy atom. The van der Waals surface area contributed by atoms with Crippen molar-refractivity contribution in [1.82, 2.24) is 5.32 Å². The summed E-state index contributed by atoms with van der Waals surface area (Å²) in [7, 11) is 0. The molecule has 1 atom stereocenters. The van der Waals surface area contributed by atoms with Crippen molar-refractivity contribution in [2.75, 3.05) is 6.61 Å². The van der Waals surface area contributed by atoms with Crippen molar-refractivity contribution in [3.63, 3.8) is 0 Å². The SMILES string of the molecule is Cc1ccc2c(c1)OC(C)(C)C[C@@H]2NC(=O)COc1cccc2c1CCCC2. The highest BCUT2D eigenvalue weighted by Crippen LogP contribution is 2.40. The van der Waals surface area contributed by atoms with Crippen LogP contribution in [0.5, 0.6) is 11.5 Å². The van der Waals surface area contributed by atoms with Crippen molar-refractivity contribution in [3.8, 4) is 11.5 Å². The average Bonchev–Trinajstić information content (AvgIpc) is 2.65. The fourth-order valence-electron chi connectivity index (χ4n) is 4.35. The molecule has 0 unspecified atom stereocenters. The Labute approximate surface area is 167 Å². The highest BCUT2D eigenvalue weighted by molar-refractivity contribution is 5.78. The summed E-state index contributed by atoms with van der Waals surface area (Å²) in [5.74, 6) is 1.62.